The third-order valence-corrected chi connectivity index (χ3v) is 3.59. The van der Waals surface area contributed by atoms with Gasteiger partial charge >= 0.3 is 5.97 Å². The Morgan fingerprint density at radius 2 is 2.30 bits per heavy atom. The van der Waals surface area contributed by atoms with Crippen LogP contribution in [0.1, 0.15) is 25.3 Å². The number of benzene rings is 1. The largest absolute Gasteiger partial charge is 0.464 e. The standard InChI is InChI=1S/C14H18N2O4/c1-3-20-14(17)13-8-5-9-15(13)11-6-4-7-12(10(11)2)16(18)19/h4,6-7,13H,3,5,8-9H2,1-2H3. The molecule has 0 N–H and O–H groups in total. The highest BCUT2D eigenvalue weighted by molar-refractivity contribution is 5.81. The Bertz CT molecular complexity index is 530. The lowest BCUT2D eigenvalue weighted by molar-refractivity contribution is -0.385. The van der Waals surface area contributed by atoms with E-state index in [4.69, 9.17) is 4.74 Å². The molecule has 1 aliphatic rings. The van der Waals surface area contributed by atoms with E-state index in [-0.39, 0.29) is 17.7 Å². The van der Waals surface area contributed by atoms with Gasteiger partial charge in [0, 0.05) is 18.3 Å². The quantitative estimate of drug-likeness (QED) is 0.480. The molecule has 1 fully saturated rings. The van der Waals surface area contributed by atoms with Gasteiger partial charge in [-0.3, -0.25) is 10.1 Å². The first-order valence-electron chi connectivity index (χ1n) is 6.73. The lowest BCUT2D eigenvalue weighted by Crippen LogP contribution is -2.37. The molecule has 1 heterocycles. The number of nitro benzene ring substituents is 1. The number of carbonyl (C=O) groups is 1. The van der Waals surface area contributed by atoms with E-state index in [1.165, 1.54) is 6.07 Å². The molecule has 1 atom stereocenters. The number of nitro groups is 1. The molecule has 108 valence electrons. The fourth-order valence-electron chi connectivity index (χ4n) is 2.66. The van der Waals surface area contributed by atoms with E-state index in [0.717, 1.165) is 18.5 Å². The van der Waals surface area contributed by atoms with Crippen molar-refractivity contribution >= 4 is 17.3 Å². The van der Waals surface area contributed by atoms with Crippen molar-refractivity contribution in [1.29, 1.82) is 0 Å². The van der Waals surface area contributed by atoms with Crippen molar-refractivity contribution in [3.63, 3.8) is 0 Å². The van der Waals surface area contributed by atoms with Crippen molar-refractivity contribution < 1.29 is 14.5 Å². The molecule has 0 aromatic heterocycles. The zero-order valence-corrected chi connectivity index (χ0v) is 11.7. The predicted molar refractivity (Wildman–Crippen MR) is 74.8 cm³/mol. The fraction of sp³-hybridized carbons (Fsp3) is 0.500. The number of nitrogens with zero attached hydrogens (tertiary/aromatic N) is 2. The van der Waals surface area contributed by atoms with Gasteiger partial charge < -0.3 is 9.64 Å². The van der Waals surface area contributed by atoms with Crippen LogP contribution in [0.15, 0.2) is 18.2 Å². The van der Waals surface area contributed by atoms with Gasteiger partial charge in [-0.1, -0.05) is 6.07 Å². The minimum Gasteiger partial charge on any atom is -0.464 e. The summed E-state index contributed by atoms with van der Waals surface area (Å²) in [6.07, 6.45) is 1.60. The Labute approximate surface area is 117 Å². The zero-order chi connectivity index (χ0) is 14.7. The molecule has 1 aromatic carbocycles. The number of anilines is 1. The number of carbonyl (C=O) groups excluding carboxylic acids is 1. The highest BCUT2D eigenvalue weighted by Crippen LogP contribution is 2.33. The second-order valence-electron chi connectivity index (χ2n) is 4.78. The number of hydrogen-bond acceptors (Lipinski definition) is 5. The van der Waals surface area contributed by atoms with Gasteiger partial charge in [0.1, 0.15) is 6.04 Å². The van der Waals surface area contributed by atoms with Crippen molar-refractivity contribution in [1.82, 2.24) is 0 Å². The van der Waals surface area contributed by atoms with Crippen LogP contribution in [0.5, 0.6) is 0 Å². The summed E-state index contributed by atoms with van der Waals surface area (Å²) in [4.78, 5) is 24.5. The first kappa shape index (κ1) is 14.3. The summed E-state index contributed by atoms with van der Waals surface area (Å²) in [5.41, 5.74) is 1.42. The van der Waals surface area contributed by atoms with E-state index in [1.54, 1.807) is 19.9 Å². The molecule has 6 heteroatoms. The van der Waals surface area contributed by atoms with Crippen molar-refractivity contribution in [2.24, 2.45) is 0 Å². The van der Waals surface area contributed by atoms with E-state index in [2.05, 4.69) is 0 Å². The molecular formula is C14H18N2O4. The van der Waals surface area contributed by atoms with Crippen LogP contribution < -0.4 is 4.90 Å². The Kier molecular flexibility index (Phi) is 4.22. The molecule has 0 radical (unpaired) electrons. The van der Waals surface area contributed by atoms with Crippen LogP contribution in [0.4, 0.5) is 11.4 Å². The van der Waals surface area contributed by atoms with E-state index < -0.39 is 4.92 Å². The van der Waals surface area contributed by atoms with E-state index in [0.29, 0.717) is 18.7 Å². The Balaban J connectivity index is 2.33. The highest BCUT2D eigenvalue weighted by Gasteiger charge is 2.33. The van der Waals surface area contributed by atoms with Gasteiger partial charge in [0.25, 0.3) is 5.69 Å². The number of rotatable bonds is 4. The molecule has 0 spiro atoms. The summed E-state index contributed by atoms with van der Waals surface area (Å²) < 4.78 is 5.08. The van der Waals surface area contributed by atoms with Gasteiger partial charge in [0.15, 0.2) is 0 Å². The van der Waals surface area contributed by atoms with E-state index >= 15 is 0 Å². The van der Waals surface area contributed by atoms with Crippen LogP contribution >= 0.6 is 0 Å². The Morgan fingerprint density at radius 1 is 1.55 bits per heavy atom. The molecule has 20 heavy (non-hydrogen) atoms. The van der Waals surface area contributed by atoms with Gasteiger partial charge in [0.2, 0.25) is 0 Å². The fourth-order valence-corrected chi connectivity index (χ4v) is 2.66. The van der Waals surface area contributed by atoms with Crippen LogP contribution in [-0.4, -0.2) is 30.1 Å². The van der Waals surface area contributed by atoms with E-state index in [9.17, 15) is 14.9 Å². The SMILES string of the molecule is CCOC(=O)C1CCCN1c1cccc([N+](=O)[O-])c1C. The van der Waals surface area contributed by atoms with Gasteiger partial charge in [0.05, 0.1) is 17.1 Å². The molecule has 0 saturated carbocycles. The number of ether oxygens (including phenoxy) is 1. The zero-order valence-electron chi connectivity index (χ0n) is 11.7. The molecule has 2 rings (SSSR count). The third-order valence-electron chi connectivity index (χ3n) is 3.59. The minimum absolute atomic E-state index is 0.0806. The van der Waals surface area contributed by atoms with Gasteiger partial charge in [-0.05, 0) is 32.8 Å². The normalized spacial score (nSPS) is 18.1. The third kappa shape index (κ3) is 2.59. The maximum Gasteiger partial charge on any atom is 0.328 e. The lowest BCUT2D eigenvalue weighted by atomic mass is 10.1. The lowest BCUT2D eigenvalue weighted by Gasteiger charge is -2.26. The highest BCUT2D eigenvalue weighted by atomic mass is 16.6. The van der Waals surface area contributed by atoms with Gasteiger partial charge in [-0.15, -0.1) is 0 Å². The van der Waals surface area contributed by atoms with Gasteiger partial charge in [-0.25, -0.2) is 4.79 Å². The summed E-state index contributed by atoms with van der Waals surface area (Å²) in [7, 11) is 0. The molecule has 1 aromatic rings. The Hall–Kier alpha value is -2.11. The van der Waals surface area contributed by atoms with Crippen molar-refractivity contribution in [2.45, 2.75) is 32.7 Å². The topological polar surface area (TPSA) is 72.7 Å². The summed E-state index contributed by atoms with van der Waals surface area (Å²) in [6.45, 7) is 4.55. The minimum atomic E-state index is -0.395. The summed E-state index contributed by atoms with van der Waals surface area (Å²) in [5, 5.41) is 11.0. The monoisotopic (exact) mass is 278 g/mol. The van der Waals surface area contributed by atoms with Crippen molar-refractivity contribution in [2.75, 3.05) is 18.1 Å². The Morgan fingerprint density at radius 3 is 2.95 bits per heavy atom. The number of hydrogen-bond donors (Lipinski definition) is 0. The molecule has 1 unspecified atom stereocenters. The first-order valence-corrected chi connectivity index (χ1v) is 6.73. The average Bonchev–Trinajstić information content (AvgIpc) is 2.88. The summed E-state index contributed by atoms with van der Waals surface area (Å²) >= 11 is 0. The molecule has 0 amide bonds. The predicted octanol–water partition coefficient (Wildman–Crippen LogP) is 2.44. The van der Waals surface area contributed by atoms with Crippen molar-refractivity contribution in [3.05, 3.63) is 33.9 Å². The van der Waals surface area contributed by atoms with Crippen LogP contribution in [0.2, 0.25) is 0 Å². The molecule has 0 bridgehead atoms. The molecule has 1 saturated heterocycles. The first-order chi connectivity index (χ1) is 9.56. The maximum atomic E-state index is 12.0. The average molecular weight is 278 g/mol. The van der Waals surface area contributed by atoms with Crippen LogP contribution in [-0.2, 0) is 9.53 Å². The van der Waals surface area contributed by atoms with Crippen LogP contribution in [0.3, 0.4) is 0 Å². The van der Waals surface area contributed by atoms with E-state index in [1.807, 2.05) is 11.0 Å². The summed E-state index contributed by atoms with van der Waals surface area (Å²) in [5.74, 6) is -0.254. The molecule has 6 nitrogen and oxygen atoms in total. The second-order valence-corrected chi connectivity index (χ2v) is 4.78. The van der Waals surface area contributed by atoms with Crippen LogP contribution in [0.25, 0.3) is 0 Å². The second kappa shape index (κ2) is 5.90. The smallest absolute Gasteiger partial charge is 0.328 e. The van der Waals surface area contributed by atoms with Gasteiger partial charge in [-0.2, -0.15) is 0 Å². The molecule has 0 aliphatic carbocycles. The van der Waals surface area contributed by atoms with Crippen LogP contribution in [0, 0.1) is 17.0 Å². The van der Waals surface area contributed by atoms with Crippen molar-refractivity contribution in [3.8, 4) is 0 Å². The maximum absolute atomic E-state index is 12.0. The summed E-state index contributed by atoms with van der Waals surface area (Å²) in [6, 6.07) is 4.62. The number of esters is 1. The molecular weight excluding hydrogens is 260 g/mol. The molecule has 1 aliphatic heterocycles.